The van der Waals surface area contributed by atoms with Gasteiger partial charge in [-0.05, 0) is 36.4 Å². The Balaban J connectivity index is 1.73. The number of amides is 1. The molecule has 0 spiro atoms. The number of carbonyl (C=O) groups excluding carboxylic acids is 2. The number of carbonyl (C=O) groups is 2. The molecule has 0 unspecified atom stereocenters. The first-order valence-electron chi connectivity index (χ1n) is 7.55. The van der Waals surface area contributed by atoms with E-state index in [0.717, 1.165) is 4.47 Å². The molecule has 0 heterocycles. The van der Waals surface area contributed by atoms with Gasteiger partial charge in [-0.3, -0.25) is 4.79 Å². The van der Waals surface area contributed by atoms with Gasteiger partial charge in [0.05, 0.1) is 6.54 Å². The summed E-state index contributed by atoms with van der Waals surface area (Å²) in [4.78, 5) is 25.2. The van der Waals surface area contributed by atoms with E-state index < -0.39 is 12.6 Å². The molecule has 0 radical (unpaired) electrons. The lowest BCUT2D eigenvalue weighted by atomic mass is 10.2. The van der Waals surface area contributed by atoms with E-state index in [2.05, 4.69) is 15.9 Å². The highest BCUT2D eigenvalue weighted by Gasteiger charge is 2.15. The van der Waals surface area contributed by atoms with Crippen LogP contribution < -0.4 is 4.74 Å². The lowest BCUT2D eigenvalue weighted by Gasteiger charge is -2.17. The number of para-hydroxylation sites is 1. The monoisotopic (exact) mass is 407 g/mol. The molecule has 0 aliphatic carbocycles. The molecule has 2 aromatic carbocycles. The van der Waals surface area contributed by atoms with Crippen LogP contribution in [-0.4, -0.2) is 48.7 Å². The molecule has 2 rings (SSSR count). The molecule has 0 bridgehead atoms. The van der Waals surface area contributed by atoms with Crippen LogP contribution in [0.4, 0.5) is 0 Å². The third kappa shape index (κ3) is 5.79. The van der Waals surface area contributed by atoms with Crippen LogP contribution in [0.15, 0.2) is 53.0 Å². The minimum atomic E-state index is -0.744. The summed E-state index contributed by atoms with van der Waals surface area (Å²) in [5.41, 5.74) is 0.0246. The van der Waals surface area contributed by atoms with Crippen molar-refractivity contribution in [2.45, 2.75) is 0 Å². The van der Waals surface area contributed by atoms with Gasteiger partial charge in [0.2, 0.25) is 0 Å². The highest BCUT2D eigenvalue weighted by atomic mass is 79.9. The maximum absolute atomic E-state index is 12.0. The summed E-state index contributed by atoms with van der Waals surface area (Å²) in [7, 11) is 1.60. The minimum absolute atomic E-state index is 0.0246. The minimum Gasteiger partial charge on any atom is -0.507 e. The lowest BCUT2D eigenvalue weighted by Crippen LogP contribution is -2.34. The van der Waals surface area contributed by atoms with Gasteiger partial charge in [-0.1, -0.05) is 28.1 Å². The molecule has 0 atom stereocenters. The van der Waals surface area contributed by atoms with E-state index in [0.29, 0.717) is 18.9 Å². The van der Waals surface area contributed by atoms with Crippen molar-refractivity contribution < 1.29 is 24.2 Å². The topological polar surface area (TPSA) is 76.1 Å². The molecule has 0 saturated heterocycles. The number of esters is 1. The van der Waals surface area contributed by atoms with Crippen LogP contribution in [0.2, 0.25) is 0 Å². The summed E-state index contributed by atoms with van der Waals surface area (Å²) in [6, 6.07) is 13.4. The molecule has 0 aromatic heterocycles. The molecule has 7 heteroatoms. The number of rotatable bonds is 7. The van der Waals surface area contributed by atoms with Gasteiger partial charge in [-0.15, -0.1) is 0 Å². The smallest absolute Gasteiger partial charge is 0.342 e. The average Bonchev–Trinajstić information content (AvgIpc) is 2.61. The maximum Gasteiger partial charge on any atom is 0.342 e. The number of likely N-dealkylation sites (N-methyl/N-ethyl adjacent to an activating group) is 1. The largest absolute Gasteiger partial charge is 0.507 e. The Morgan fingerprint density at radius 1 is 1.12 bits per heavy atom. The van der Waals surface area contributed by atoms with E-state index in [1.807, 2.05) is 24.3 Å². The predicted molar refractivity (Wildman–Crippen MR) is 95.7 cm³/mol. The zero-order valence-corrected chi connectivity index (χ0v) is 15.2. The summed E-state index contributed by atoms with van der Waals surface area (Å²) in [6.45, 7) is 0.266. The summed E-state index contributed by atoms with van der Waals surface area (Å²) in [5, 5.41) is 9.58. The third-order valence-corrected chi connectivity index (χ3v) is 3.91. The quantitative estimate of drug-likeness (QED) is 0.714. The third-order valence-electron chi connectivity index (χ3n) is 3.39. The van der Waals surface area contributed by atoms with Gasteiger partial charge in [0.15, 0.2) is 6.61 Å². The van der Waals surface area contributed by atoms with Crippen LogP contribution in [0, 0.1) is 0 Å². The van der Waals surface area contributed by atoms with E-state index in [1.165, 1.54) is 17.0 Å². The molecular formula is C18H18BrNO5. The first-order chi connectivity index (χ1) is 12.0. The second-order valence-corrected chi connectivity index (χ2v) is 6.13. The Labute approximate surface area is 154 Å². The van der Waals surface area contributed by atoms with Crippen LogP contribution in [0.25, 0.3) is 0 Å². The number of phenols is 1. The molecule has 132 valence electrons. The number of aromatic hydroxyl groups is 1. The predicted octanol–water partition coefficient (Wildman–Crippen LogP) is 2.85. The summed E-state index contributed by atoms with van der Waals surface area (Å²) < 4.78 is 11.4. The number of nitrogens with zero attached hydrogens (tertiary/aromatic N) is 1. The Hall–Kier alpha value is -2.54. The summed E-state index contributed by atoms with van der Waals surface area (Å²) in [5.74, 6) is -0.583. The molecule has 1 amide bonds. The normalized spacial score (nSPS) is 10.2. The molecule has 25 heavy (non-hydrogen) atoms. The van der Waals surface area contributed by atoms with Gasteiger partial charge in [-0.2, -0.15) is 0 Å². The second kappa shape index (κ2) is 9.08. The van der Waals surface area contributed by atoms with Crippen molar-refractivity contribution >= 4 is 27.8 Å². The van der Waals surface area contributed by atoms with E-state index in [-0.39, 0.29) is 17.2 Å². The number of phenolic OH excluding ortho intramolecular Hbond substituents is 1. The highest BCUT2D eigenvalue weighted by Crippen LogP contribution is 2.17. The van der Waals surface area contributed by atoms with Crippen molar-refractivity contribution in [2.24, 2.45) is 0 Å². The number of ether oxygens (including phenoxy) is 2. The first kappa shape index (κ1) is 18.8. The van der Waals surface area contributed by atoms with Crippen LogP contribution >= 0.6 is 15.9 Å². The standard InChI is InChI=1S/C18H18BrNO5/c1-20(10-11-24-14-8-6-13(19)7-9-14)17(22)12-25-18(23)15-4-2-3-5-16(15)21/h2-9,21H,10-12H2,1H3. The SMILES string of the molecule is CN(CCOc1ccc(Br)cc1)C(=O)COC(=O)c1ccccc1O. The Kier molecular flexibility index (Phi) is 6.82. The Morgan fingerprint density at radius 3 is 2.48 bits per heavy atom. The Morgan fingerprint density at radius 2 is 1.80 bits per heavy atom. The number of halogens is 1. The van der Waals surface area contributed by atoms with Gasteiger partial charge in [0.1, 0.15) is 23.7 Å². The highest BCUT2D eigenvalue weighted by molar-refractivity contribution is 9.10. The molecule has 0 aliphatic heterocycles. The molecule has 0 aliphatic rings. The fourth-order valence-electron chi connectivity index (χ4n) is 1.92. The molecule has 2 aromatic rings. The number of hydrogen-bond acceptors (Lipinski definition) is 5. The van der Waals surface area contributed by atoms with Crippen molar-refractivity contribution in [1.82, 2.24) is 4.90 Å². The average molecular weight is 408 g/mol. The van der Waals surface area contributed by atoms with Gasteiger partial charge in [0.25, 0.3) is 5.91 Å². The van der Waals surface area contributed by atoms with Crippen LogP contribution in [-0.2, 0) is 9.53 Å². The van der Waals surface area contributed by atoms with Gasteiger partial charge in [-0.25, -0.2) is 4.79 Å². The van der Waals surface area contributed by atoms with Crippen molar-refractivity contribution in [3.05, 3.63) is 58.6 Å². The molecule has 1 N–H and O–H groups in total. The van der Waals surface area contributed by atoms with Crippen molar-refractivity contribution in [3.8, 4) is 11.5 Å². The van der Waals surface area contributed by atoms with E-state index in [1.54, 1.807) is 19.2 Å². The molecule has 6 nitrogen and oxygen atoms in total. The van der Waals surface area contributed by atoms with Gasteiger partial charge >= 0.3 is 5.97 Å². The van der Waals surface area contributed by atoms with Crippen molar-refractivity contribution in [3.63, 3.8) is 0 Å². The molecule has 0 fully saturated rings. The van der Waals surface area contributed by atoms with Gasteiger partial charge < -0.3 is 19.5 Å². The summed E-state index contributed by atoms with van der Waals surface area (Å²) in [6.07, 6.45) is 0. The van der Waals surface area contributed by atoms with Crippen molar-refractivity contribution in [2.75, 3.05) is 26.8 Å². The van der Waals surface area contributed by atoms with E-state index >= 15 is 0 Å². The summed E-state index contributed by atoms with van der Waals surface area (Å²) >= 11 is 3.34. The zero-order valence-electron chi connectivity index (χ0n) is 13.6. The van der Waals surface area contributed by atoms with Crippen LogP contribution in [0.5, 0.6) is 11.5 Å². The Bertz CT molecular complexity index is 733. The van der Waals surface area contributed by atoms with E-state index in [4.69, 9.17) is 9.47 Å². The number of benzene rings is 2. The zero-order chi connectivity index (χ0) is 18.2. The van der Waals surface area contributed by atoms with Crippen LogP contribution in [0.3, 0.4) is 0 Å². The fraction of sp³-hybridized carbons (Fsp3) is 0.222. The molecule has 0 saturated carbocycles. The van der Waals surface area contributed by atoms with E-state index in [9.17, 15) is 14.7 Å². The maximum atomic E-state index is 12.0. The van der Waals surface area contributed by atoms with Crippen LogP contribution in [0.1, 0.15) is 10.4 Å². The fourth-order valence-corrected chi connectivity index (χ4v) is 2.18. The second-order valence-electron chi connectivity index (χ2n) is 5.21. The lowest BCUT2D eigenvalue weighted by molar-refractivity contribution is -0.133. The van der Waals surface area contributed by atoms with Gasteiger partial charge in [0, 0.05) is 11.5 Å². The number of hydrogen-bond donors (Lipinski definition) is 1. The molecular weight excluding hydrogens is 390 g/mol. The first-order valence-corrected chi connectivity index (χ1v) is 8.34. The van der Waals surface area contributed by atoms with Crippen molar-refractivity contribution in [1.29, 1.82) is 0 Å².